The van der Waals surface area contributed by atoms with Crippen LogP contribution in [0.3, 0.4) is 0 Å². The van der Waals surface area contributed by atoms with Crippen LogP contribution in [-0.2, 0) is 14.6 Å². The monoisotopic (exact) mass is 328 g/mol. The van der Waals surface area contributed by atoms with E-state index in [1.807, 2.05) is 6.92 Å². The number of hydrogen-bond donors (Lipinski definition) is 2. The lowest BCUT2D eigenvalue weighted by atomic mass is 10.2. The van der Waals surface area contributed by atoms with Gasteiger partial charge in [-0.25, -0.2) is 13.2 Å². The van der Waals surface area contributed by atoms with Crippen molar-refractivity contribution in [1.82, 2.24) is 4.98 Å². The summed E-state index contributed by atoms with van der Waals surface area (Å²) in [7, 11) is -3.82. The maximum atomic E-state index is 12.6. The van der Waals surface area contributed by atoms with Crippen LogP contribution in [0, 0.1) is 12.8 Å². The Morgan fingerprint density at radius 1 is 1.41 bits per heavy atom. The third kappa shape index (κ3) is 3.32. The van der Waals surface area contributed by atoms with Crippen molar-refractivity contribution < 1.29 is 17.9 Å². The van der Waals surface area contributed by atoms with E-state index in [1.54, 1.807) is 0 Å². The zero-order chi connectivity index (χ0) is 16.5. The molecule has 8 heteroatoms. The summed E-state index contributed by atoms with van der Waals surface area (Å²) in [5, 5.41) is 0. The number of aromatic amines is 1. The molecule has 1 aliphatic carbocycles. The number of nitrogens with two attached hydrogens (primary N) is 1. The van der Waals surface area contributed by atoms with Gasteiger partial charge in [0.15, 0.2) is 9.84 Å². The molecule has 0 unspecified atom stereocenters. The Labute approximate surface area is 128 Å². The van der Waals surface area contributed by atoms with Crippen molar-refractivity contribution in [3.05, 3.63) is 21.6 Å². The summed E-state index contributed by atoms with van der Waals surface area (Å²) in [5.41, 5.74) is 4.50. The zero-order valence-electron chi connectivity index (χ0n) is 12.6. The van der Waals surface area contributed by atoms with E-state index in [2.05, 4.69) is 4.98 Å². The summed E-state index contributed by atoms with van der Waals surface area (Å²) in [4.78, 5) is 26.0. The molecule has 122 valence electrons. The summed E-state index contributed by atoms with van der Waals surface area (Å²) < 4.78 is 30.2. The van der Waals surface area contributed by atoms with Gasteiger partial charge in [0.25, 0.3) is 5.56 Å². The van der Waals surface area contributed by atoms with Crippen molar-refractivity contribution in [3.63, 3.8) is 0 Å². The molecule has 1 aliphatic rings. The van der Waals surface area contributed by atoms with E-state index in [-0.39, 0.29) is 34.4 Å². The number of hydrogen-bond acceptors (Lipinski definition) is 6. The first-order chi connectivity index (χ1) is 10.3. The van der Waals surface area contributed by atoms with Gasteiger partial charge in [0.05, 0.1) is 17.9 Å². The molecule has 0 bridgehead atoms. The molecule has 0 saturated heterocycles. The van der Waals surface area contributed by atoms with Crippen molar-refractivity contribution in [2.24, 2.45) is 5.92 Å². The summed E-state index contributed by atoms with van der Waals surface area (Å²) in [6.45, 7) is 3.45. The van der Waals surface area contributed by atoms with Crippen LogP contribution in [-0.4, -0.2) is 31.7 Å². The molecule has 1 aromatic heterocycles. The fraction of sp³-hybridized carbons (Fsp3) is 0.571. The van der Waals surface area contributed by atoms with Crippen LogP contribution in [0.15, 0.2) is 9.69 Å². The minimum Gasteiger partial charge on any atom is -0.462 e. The number of esters is 1. The smallest absolute Gasteiger partial charge is 0.341 e. The number of nitrogens with one attached hydrogen (secondary N) is 1. The van der Waals surface area contributed by atoms with Gasteiger partial charge in [-0.05, 0) is 32.1 Å². The number of aryl methyl sites for hydroxylation is 1. The maximum absolute atomic E-state index is 12.6. The molecule has 0 spiro atoms. The van der Waals surface area contributed by atoms with Gasteiger partial charge < -0.3 is 15.5 Å². The standard InChI is InChI=1S/C14H20N2O5S/c1-3-6-21-14(18)10-8(2)16-13(17)11(15)12(10)22(19,20)7-9-4-5-9/h9H,3-7,15H2,1-2H3,(H,16,17). The predicted molar refractivity (Wildman–Crippen MR) is 81.6 cm³/mol. The van der Waals surface area contributed by atoms with E-state index >= 15 is 0 Å². The van der Waals surface area contributed by atoms with E-state index < -0.39 is 27.1 Å². The number of aromatic nitrogens is 1. The number of pyridine rings is 1. The minimum atomic E-state index is -3.82. The molecule has 0 aliphatic heterocycles. The summed E-state index contributed by atoms with van der Waals surface area (Å²) in [6.07, 6.45) is 2.27. The lowest BCUT2D eigenvalue weighted by molar-refractivity contribution is 0.0499. The number of sulfone groups is 1. The number of nitrogen functional groups attached to an aromatic ring is 1. The first-order valence-electron chi connectivity index (χ1n) is 7.20. The third-order valence-electron chi connectivity index (χ3n) is 3.50. The van der Waals surface area contributed by atoms with Crippen LogP contribution in [0.1, 0.15) is 42.2 Å². The molecule has 2 rings (SSSR count). The van der Waals surface area contributed by atoms with Gasteiger partial charge in [0, 0.05) is 5.69 Å². The normalized spacial score (nSPS) is 14.8. The molecular formula is C14H20N2O5S. The second-order valence-electron chi connectivity index (χ2n) is 5.56. The van der Waals surface area contributed by atoms with E-state index in [4.69, 9.17) is 10.5 Å². The molecule has 7 nitrogen and oxygen atoms in total. The molecule has 0 aromatic carbocycles. The largest absolute Gasteiger partial charge is 0.462 e. The van der Waals surface area contributed by atoms with Crippen LogP contribution in [0.4, 0.5) is 5.69 Å². The Morgan fingerprint density at radius 3 is 2.59 bits per heavy atom. The molecule has 1 saturated carbocycles. The number of H-pyrrole nitrogens is 1. The summed E-state index contributed by atoms with van der Waals surface area (Å²) in [5.74, 6) is -0.811. The average Bonchev–Trinajstić information content (AvgIpc) is 3.22. The molecule has 3 N–H and O–H groups in total. The van der Waals surface area contributed by atoms with Crippen LogP contribution < -0.4 is 11.3 Å². The number of anilines is 1. The first kappa shape index (κ1) is 16.5. The van der Waals surface area contributed by atoms with Crippen LogP contribution in [0.5, 0.6) is 0 Å². The highest BCUT2D eigenvalue weighted by Crippen LogP contribution is 2.34. The lowest BCUT2D eigenvalue weighted by Gasteiger charge is -2.14. The Bertz CT molecular complexity index is 747. The second-order valence-corrected chi connectivity index (χ2v) is 7.53. The van der Waals surface area contributed by atoms with Gasteiger partial charge >= 0.3 is 5.97 Å². The fourth-order valence-corrected chi connectivity index (χ4v) is 4.32. The summed E-state index contributed by atoms with van der Waals surface area (Å²) in [6, 6.07) is 0. The SMILES string of the molecule is CCCOC(=O)c1c(C)[nH]c(=O)c(N)c1S(=O)(=O)CC1CC1. The second kappa shape index (κ2) is 6.12. The lowest BCUT2D eigenvalue weighted by Crippen LogP contribution is -2.26. The van der Waals surface area contributed by atoms with Crippen molar-refractivity contribution >= 4 is 21.5 Å². The highest BCUT2D eigenvalue weighted by molar-refractivity contribution is 7.91. The molecular weight excluding hydrogens is 308 g/mol. The Morgan fingerprint density at radius 2 is 2.05 bits per heavy atom. The number of carbonyl (C=O) groups is 1. The van der Waals surface area contributed by atoms with Crippen molar-refractivity contribution in [2.45, 2.75) is 38.0 Å². The van der Waals surface area contributed by atoms with Crippen LogP contribution >= 0.6 is 0 Å². The molecule has 22 heavy (non-hydrogen) atoms. The highest BCUT2D eigenvalue weighted by atomic mass is 32.2. The molecule has 0 radical (unpaired) electrons. The van der Waals surface area contributed by atoms with Crippen LogP contribution in [0.2, 0.25) is 0 Å². The van der Waals surface area contributed by atoms with Gasteiger partial charge in [-0.2, -0.15) is 0 Å². The van der Waals surface area contributed by atoms with E-state index in [0.29, 0.717) is 6.42 Å². The molecule has 1 heterocycles. The maximum Gasteiger partial charge on any atom is 0.341 e. The predicted octanol–water partition coefficient (Wildman–Crippen LogP) is 1.02. The Balaban J connectivity index is 2.58. The first-order valence-corrected chi connectivity index (χ1v) is 8.85. The van der Waals surface area contributed by atoms with Gasteiger partial charge in [0.2, 0.25) is 0 Å². The summed E-state index contributed by atoms with van der Waals surface area (Å²) >= 11 is 0. The molecule has 1 aromatic rings. The minimum absolute atomic E-state index is 0.0727. The van der Waals surface area contributed by atoms with Crippen molar-refractivity contribution in [1.29, 1.82) is 0 Å². The van der Waals surface area contributed by atoms with E-state index in [0.717, 1.165) is 12.8 Å². The van der Waals surface area contributed by atoms with E-state index in [9.17, 15) is 18.0 Å². The van der Waals surface area contributed by atoms with E-state index in [1.165, 1.54) is 6.92 Å². The molecule has 0 atom stereocenters. The fourth-order valence-electron chi connectivity index (χ4n) is 2.22. The van der Waals surface area contributed by atoms with Gasteiger partial charge in [-0.1, -0.05) is 6.92 Å². The van der Waals surface area contributed by atoms with Crippen LogP contribution in [0.25, 0.3) is 0 Å². The highest BCUT2D eigenvalue weighted by Gasteiger charge is 2.35. The average molecular weight is 328 g/mol. The topological polar surface area (TPSA) is 119 Å². The zero-order valence-corrected chi connectivity index (χ0v) is 13.5. The Kier molecular flexibility index (Phi) is 4.60. The van der Waals surface area contributed by atoms with Crippen molar-refractivity contribution in [3.8, 4) is 0 Å². The number of ether oxygens (including phenoxy) is 1. The molecule has 1 fully saturated rings. The number of carbonyl (C=O) groups excluding carboxylic acids is 1. The van der Waals surface area contributed by atoms with Gasteiger partial charge in [0.1, 0.15) is 10.6 Å². The quantitative estimate of drug-likeness (QED) is 0.752. The molecule has 0 amide bonds. The third-order valence-corrected chi connectivity index (χ3v) is 5.45. The number of rotatable bonds is 6. The van der Waals surface area contributed by atoms with Gasteiger partial charge in [-0.3, -0.25) is 4.79 Å². The van der Waals surface area contributed by atoms with Gasteiger partial charge in [-0.15, -0.1) is 0 Å². The Hall–Kier alpha value is -1.83. The van der Waals surface area contributed by atoms with Crippen molar-refractivity contribution in [2.75, 3.05) is 18.1 Å².